The van der Waals surface area contributed by atoms with Crippen molar-refractivity contribution in [3.63, 3.8) is 0 Å². The van der Waals surface area contributed by atoms with Crippen LogP contribution >= 0.6 is 0 Å². The van der Waals surface area contributed by atoms with Gasteiger partial charge in [0, 0.05) is 13.2 Å². The number of hydrogen-bond donors (Lipinski definition) is 0. The molecule has 20 heavy (non-hydrogen) atoms. The Morgan fingerprint density at radius 2 is 1.65 bits per heavy atom. The van der Waals surface area contributed by atoms with E-state index in [4.69, 9.17) is 14.2 Å². The third-order valence-corrected chi connectivity index (χ3v) is 2.51. The fourth-order valence-electron chi connectivity index (χ4n) is 1.46. The Labute approximate surface area is 119 Å². The molecule has 0 fully saturated rings. The molecule has 5 heteroatoms. The maximum Gasteiger partial charge on any atom is 0.331 e. The molecule has 0 atom stereocenters. The first kappa shape index (κ1) is 16.6. The highest BCUT2D eigenvalue weighted by molar-refractivity contribution is 5.70. The Kier molecular flexibility index (Phi) is 9.48. The van der Waals surface area contributed by atoms with Gasteiger partial charge in [-0.25, -0.2) is 4.79 Å². The van der Waals surface area contributed by atoms with Crippen LogP contribution in [0.25, 0.3) is 0 Å². The zero-order chi connectivity index (χ0) is 14.5. The molecule has 1 rings (SSSR count). The molecule has 0 amide bonds. The van der Waals surface area contributed by atoms with Crippen molar-refractivity contribution in [2.45, 2.75) is 13.0 Å². The first-order valence-electron chi connectivity index (χ1n) is 6.67. The minimum absolute atomic E-state index is 0.00329. The quantitative estimate of drug-likeness (QED) is 0.457. The van der Waals surface area contributed by atoms with E-state index < -0.39 is 0 Å². The van der Waals surface area contributed by atoms with Crippen LogP contribution in [0.1, 0.15) is 12.0 Å². The molecular weight excluding hydrogens is 260 g/mol. The van der Waals surface area contributed by atoms with E-state index in [1.54, 1.807) is 0 Å². The van der Waals surface area contributed by atoms with E-state index in [9.17, 15) is 4.79 Å². The highest BCUT2D eigenvalue weighted by atomic mass is 16.6. The highest BCUT2D eigenvalue weighted by Gasteiger charge is 1.98. The number of methoxy groups -OCH3 is 1. The molecule has 0 saturated carbocycles. The van der Waals surface area contributed by atoms with Crippen LogP contribution in [0, 0.1) is 0 Å². The summed E-state index contributed by atoms with van der Waals surface area (Å²) in [7, 11) is 1.34. The lowest BCUT2D eigenvalue weighted by molar-refractivity contribution is -0.146. The minimum Gasteiger partial charge on any atom is -0.467 e. The molecule has 1 aromatic rings. The minimum atomic E-state index is -0.361. The molecular formula is C15H22O5. The maximum absolute atomic E-state index is 10.7. The van der Waals surface area contributed by atoms with Gasteiger partial charge in [0.15, 0.2) is 0 Å². The summed E-state index contributed by atoms with van der Waals surface area (Å²) in [5.74, 6) is -0.361. The molecule has 0 N–H and O–H groups in total. The normalized spacial score (nSPS) is 10.4. The van der Waals surface area contributed by atoms with E-state index in [-0.39, 0.29) is 12.6 Å². The van der Waals surface area contributed by atoms with Crippen LogP contribution in [0.2, 0.25) is 0 Å². The van der Waals surface area contributed by atoms with Gasteiger partial charge in [0.2, 0.25) is 0 Å². The molecule has 0 bridgehead atoms. The number of hydrogen-bond acceptors (Lipinski definition) is 5. The topological polar surface area (TPSA) is 54.0 Å². The molecule has 0 aliphatic rings. The summed E-state index contributed by atoms with van der Waals surface area (Å²) in [6.07, 6.45) is 0.746. The molecule has 0 aromatic heterocycles. The second-order valence-corrected chi connectivity index (χ2v) is 4.13. The zero-order valence-electron chi connectivity index (χ0n) is 11.9. The van der Waals surface area contributed by atoms with Crippen LogP contribution in [0.5, 0.6) is 0 Å². The fourth-order valence-corrected chi connectivity index (χ4v) is 1.46. The first-order chi connectivity index (χ1) is 9.83. The summed E-state index contributed by atoms with van der Waals surface area (Å²) in [6, 6.07) is 10.0. The van der Waals surface area contributed by atoms with Crippen molar-refractivity contribution in [2.75, 3.05) is 40.1 Å². The van der Waals surface area contributed by atoms with Gasteiger partial charge in [-0.2, -0.15) is 0 Å². The summed E-state index contributed by atoms with van der Waals surface area (Å²) >= 11 is 0. The number of esters is 1. The highest BCUT2D eigenvalue weighted by Crippen LogP contribution is 2.00. The Hall–Kier alpha value is -1.43. The zero-order valence-corrected chi connectivity index (χ0v) is 11.9. The second-order valence-electron chi connectivity index (χ2n) is 4.13. The Morgan fingerprint density at radius 1 is 0.950 bits per heavy atom. The van der Waals surface area contributed by atoms with Gasteiger partial charge in [0.25, 0.3) is 0 Å². The van der Waals surface area contributed by atoms with Gasteiger partial charge in [0.1, 0.15) is 6.61 Å². The molecule has 0 radical (unpaired) electrons. The molecule has 5 nitrogen and oxygen atoms in total. The Bertz CT molecular complexity index is 353. The summed E-state index contributed by atoms with van der Waals surface area (Å²) in [5.41, 5.74) is 1.16. The third-order valence-electron chi connectivity index (χ3n) is 2.51. The predicted molar refractivity (Wildman–Crippen MR) is 74.4 cm³/mol. The van der Waals surface area contributed by atoms with Gasteiger partial charge < -0.3 is 18.9 Å². The molecule has 1 aromatic carbocycles. The van der Waals surface area contributed by atoms with Crippen LogP contribution in [-0.4, -0.2) is 46.1 Å². The van der Waals surface area contributed by atoms with Crippen LogP contribution in [-0.2, 0) is 30.3 Å². The largest absolute Gasteiger partial charge is 0.467 e. The van der Waals surface area contributed by atoms with Crippen molar-refractivity contribution in [1.29, 1.82) is 0 Å². The van der Waals surface area contributed by atoms with Gasteiger partial charge in [-0.3, -0.25) is 0 Å². The SMILES string of the molecule is COC(=O)COCCCOCCOCc1ccccc1. The van der Waals surface area contributed by atoms with Crippen molar-refractivity contribution in [3.05, 3.63) is 35.9 Å². The summed E-state index contributed by atoms with van der Waals surface area (Å²) < 4.78 is 20.4. The van der Waals surface area contributed by atoms with Crippen LogP contribution in [0.4, 0.5) is 0 Å². The van der Waals surface area contributed by atoms with Crippen molar-refractivity contribution in [3.8, 4) is 0 Å². The van der Waals surface area contributed by atoms with Gasteiger partial charge in [0.05, 0.1) is 26.9 Å². The van der Waals surface area contributed by atoms with Crippen molar-refractivity contribution in [2.24, 2.45) is 0 Å². The smallest absolute Gasteiger partial charge is 0.331 e. The standard InChI is InChI=1S/C15H22O5/c1-17-15(16)13-19-9-5-8-18-10-11-20-12-14-6-3-2-4-7-14/h2-4,6-7H,5,8-13H2,1H3. The van der Waals surface area contributed by atoms with E-state index >= 15 is 0 Å². The second kappa shape index (κ2) is 11.4. The van der Waals surface area contributed by atoms with Crippen LogP contribution < -0.4 is 0 Å². The van der Waals surface area contributed by atoms with Gasteiger partial charge in [-0.15, -0.1) is 0 Å². The Morgan fingerprint density at radius 3 is 2.40 bits per heavy atom. The van der Waals surface area contributed by atoms with Gasteiger partial charge >= 0.3 is 5.97 Å². The summed E-state index contributed by atoms with van der Waals surface area (Å²) in [6.45, 7) is 2.81. The average molecular weight is 282 g/mol. The molecule has 0 saturated heterocycles. The number of benzene rings is 1. The molecule has 0 aliphatic carbocycles. The number of carbonyl (C=O) groups excluding carboxylic acids is 1. The molecule has 112 valence electrons. The first-order valence-corrected chi connectivity index (χ1v) is 6.67. The molecule has 0 aliphatic heterocycles. The lowest BCUT2D eigenvalue weighted by Crippen LogP contribution is -2.12. The van der Waals surface area contributed by atoms with Crippen molar-refractivity contribution in [1.82, 2.24) is 0 Å². The Balaban J connectivity index is 1.82. The fraction of sp³-hybridized carbons (Fsp3) is 0.533. The summed E-state index contributed by atoms with van der Waals surface area (Å²) in [5, 5.41) is 0. The van der Waals surface area contributed by atoms with E-state index in [1.165, 1.54) is 7.11 Å². The van der Waals surface area contributed by atoms with Crippen LogP contribution in [0.15, 0.2) is 30.3 Å². The lowest BCUT2D eigenvalue weighted by atomic mass is 10.2. The van der Waals surface area contributed by atoms with E-state index in [0.29, 0.717) is 33.0 Å². The molecule has 0 heterocycles. The maximum atomic E-state index is 10.7. The van der Waals surface area contributed by atoms with Crippen LogP contribution in [0.3, 0.4) is 0 Å². The van der Waals surface area contributed by atoms with E-state index in [0.717, 1.165) is 12.0 Å². The molecule has 0 spiro atoms. The number of rotatable bonds is 11. The van der Waals surface area contributed by atoms with Crippen molar-refractivity contribution >= 4 is 5.97 Å². The monoisotopic (exact) mass is 282 g/mol. The predicted octanol–water partition coefficient (Wildman–Crippen LogP) is 1.80. The number of carbonyl (C=O) groups is 1. The summed E-state index contributed by atoms with van der Waals surface area (Å²) in [4.78, 5) is 10.7. The van der Waals surface area contributed by atoms with E-state index in [1.807, 2.05) is 30.3 Å². The van der Waals surface area contributed by atoms with Crippen molar-refractivity contribution < 1.29 is 23.7 Å². The third kappa shape index (κ3) is 8.63. The van der Waals surface area contributed by atoms with E-state index in [2.05, 4.69) is 4.74 Å². The van der Waals surface area contributed by atoms with Gasteiger partial charge in [-0.1, -0.05) is 30.3 Å². The average Bonchev–Trinajstić information content (AvgIpc) is 2.50. The van der Waals surface area contributed by atoms with Gasteiger partial charge in [-0.05, 0) is 12.0 Å². The number of ether oxygens (including phenoxy) is 4. The molecule has 0 unspecified atom stereocenters. The lowest BCUT2D eigenvalue weighted by Gasteiger charge is -2.06.